The number of benzene rings is 1. The van der Waals surface area contributed by atoms with Crippen molar-refractivity contribution in [1.82, 2.24) is 0 Å². The summed E-state index contributed by atoms with van der Waals surface area (Å²) in [6.45, 7) is 6.41. The third-order valence-electron chi connectivity index (χ3n) is 2.29. The molecule has 0 radical (unpaired) electrons. The summed E-state index contributed by atoms with van der Waals surface area (Å²) in [6.07, 6.45) is 0. The molecule has 0 aliphatic carbocycles. The van der Waals surface area contributed by atoms with E-state index in [1.807, 2.05) is 0 Å². The summed E-state index contributed by atoms with van der Waals surface area (Å²) >= 11 is 0. The summed E-state index contributed by atoms with van der Waals surface area (Å²) in [6, 6.07) is 1.19. The molecule has 1 aromatic carbocycles. The first-order valence-electron chi connectivity index (χ1n) is 4.49. The van der Waals surface area contributed by atoms with Crippen LogP contribution in [-0.2, 0) is 5.54 Å². The SMILES string of the molecule is Cc1cc(F)c(C)c(C(C)(C)N)c1F. The molecule has 2 N–H and O–H groups in total. The molecule has 1 rings (SSSR count). The van der Waals surface area contributed by atoms with E-state index >= 15 is 0 Å². The van der Waals surface area contributed by atoms with Crippen LogP contribution >= 0.6 is 0 Å². The number of rotatable bonds is 1. The average molecular weight is 199 g/mol. The largest absolute Gasteiger partial charge is 0.322 e. The molecule has 0 aliphatic rings. The Morgan fingerprint density at radius 3 is 2.14 bits per heavy atom. The standard InChI is InChI=1S/C11H15F2N/c1-6-5-8(12)7(2)9(10(6)13)11(3,4)14/h5H,14H2,1-4H3. The molecule has 78 valence electrons. The van der Waals surface area contributed by atoms with Crippen LogP contribution in [0.1, 0.15) is 30.5 Å². The van der Waals surface area contributed by atoms with E-state index in [9.17, 15) is 8.78 Å². The Balaban J connectivity index is 3.56. The Morgan fingerprint density at radius 2 is 1.71 bits per heavy atom. The first-order valence-corrected chi connectivity index (χ1v) is 4.49. The summed E-state index contributed by atoms with van der Waals surface area (Å²) in [4.78, 5) is 0. The fourth-order valence-corrected chi connectivity index (χ4v) is 1.61. The molecule has 0 bridgehead atoms. The van der Waals surface area contributed by atoms with Crippen molar-refractivity contribution in [3.8, 4) is 0 Å². The summed E-state index contributed by atoms with van der Waals surface area (Å²) in [5.41, 5.74) is 5.77. The molecule has 0 saturated heterocycles. The molecule has 0 amide bonds. The number of hydrogen-bond acceptors (Lipinski definition) is 1. The van der Waals surface area contributed by atoms with Crippen LogP contribution in [0.4, 0.5) is 8.78 Å². The van der Waals surface area contributed by atoms with Crippen LogP contribution in [0.15, 0.2) is 6.07 Å². The number of nitrogens with two attached hydrogens (primary N) is 1. The molecule has 14 heavy (non-hydrogen) atoms. The molecule has 0 spiro atoms. The number of aryl methyl sites for hydroxylation is 1. The van der Waals surface area contributed by atoms with Gasteiger partial charge >= 0.3 is 0 Å². The number of halogens is 2. The summed E-state index contributed by atoms with van der Waals surface area (Å²) in [5.74, 6) is -0.811. The quantitative estimate of drug-likeness (QED) is 0.739. The van der Waals surface area contributed by atoms with Crippen molar-refractivity contribution in [2.75, 3.05) is 0 Å². The molecule has 0 aromatic heterocycles. The van der Waals surface area contributed by atoms with Crippen LogP contribution in [-0.4, -0.2) is 0 Å². The van der Waals surface area contributed by atoms with Gasteiger partial charge in [-0.1, -0.05) is 0 Å². The van der Waals surface area contributed by atoms with Gasteiger partial charge in [0, 0.05) is 11.1 Å². The molecule has 0 aliphatic heterocycles. The Kier molecular flexibility index (Phi) is 2.63. The van der Waals surface area contributed by atoms with Crippen molar-refractivity contribution in [2.45, 2.75) is 33.2 Å². The van der Waals surface area contributed by atoms with Gasteiger partial charge in [0.2, 0.25) is 0 Å². The number of hydrogen-bond donors (Lipinski definition) is 1. The molecule has 0 fully saturated rings. The molecule has 0 unspecified atom stereocenters. The first-order chi connectivity index (χ1) is 6.25. The topological polar surface area (TPSA) is 26.0 Å². The van der Waals surface area contributed by atoms with Gasteiger partial charge in [0.1, 0.15) is 11.6 Å². The minimum absolute atomic E-state index is 0.259. The van der Waals surface area contributed by atoms with Gasteiger partial charge in [0.25, 0.3) is 0 Å². The van der Waals surface area contributed by atoms with Crippen molar-refractivity contribution in [3.05, 3.63) is 34.4 Å². The van der Waals surface area contributed by atoms with E-state index < -0.39 is 17.2 Å². The fraction of sp³-hybridized carbons (Fsp3) is 0.455. The lowest BCUT2D eigenvalue weighted by atomic mass is 9.89. The average Bonchev–Trinajstić information content (AvgIpc) is 1.98. The van der Waals surface area contributed by atoms with E-state index in [-0.39, 0.29) is 5.56 Å². The van der Waals surface area contributed by atoms with Gasteiger partial charge < -0.3 is 5.73 Å². The molecule has 1 nitrogen and oxygen atoms in total. The minimum atomic E-state index is -0.860. The highest BCUT2D eigenvalue weighted by Gasteiger charge is 2.24. The lowest BCUT2D eigenvalue weighted by molar-refractivity contribution is 0.482. The second-order valence-electron chi connectivity index (χ2n) is 4.21. The third kappa shape index (κ3) is 1.77. The smallest absolute Gasteiger partial charge is 0.131 e. The van der Waals surface area contributed by atoms with Gasteiger partial charge in [0.15, 0.2) is 0 Å². The van der Waals surface area contributed by atoms with Crippen LogP contribution in [0.25, 0.3) is 0 Å². The van der Waals surface area contributed by atoms with Crippen LogP contribution in [0.2, 0.25) is 0 Å². The van der Waals surface area contributed by atoms with Gasteiger partial charge in [-0.15, -0.1) is 0 Å². The second kappa shape index (κ2) is 3.31. The maximum Gasteiger partial charge on any atom is 0.131 e. The van der Waals surface area contributed by atoms with E-state index in [1.165, 1.54) is 13.0 Å². The lowest BCUT2D eigenvalue weighted by Gasteiger charge is -2.23. The molecule has 3 heteroatoms. The van der Waals surface area contributed by atoms with Crippen LogP contribution < -0.4 is 5.73 Å². The second-order valence-corrected chi connectivity index (χ2v) is 4.21. The maximum absolute atomic E-state index is 13.7. The predicted octanol–water partition coefficient (Wildman–Crippen LogP) is 2.78. The van der Waals surface area contributed by atoms with Gasteiger partial charge in [-0.25, -0.2) is 8.78 Å². The highest BCUT2D eigenvalue weighted by Crippen LogP contribution is 2.28. The summed E-state index contributed by atoms with van der Waals surface area (Å²) in [7, 11) is 0. The normalized spacial score (nSPS) is 11.9. The van der Waals surface area contributed by atoms with Crippen LogP contribution in [0.3, 0.4) is 0 Å². The zero-order valence-electron chi connectivity index (χ0n) is 8.91. The van der Waals surface area contributed by atoms with E-state index in [0.717, 1.165) is 0 Å². The first kappa shape index (κ1) is 11.1. The summed E-state index contributed by atoms with van der Waals surface area (Å²) in [5, 5.41) is 0. The highest BCUT2D eigenvalue weighted by molar-refractivity contribution is 5.37. The lowest BCUT2D eigenvalue weighted by Crippen LogP contribution is -2.31. The zero-order chi connectivity index (χ0) is 11.1. The van der Waals surface area contributed by atoms with Gasteiger partial charge in [-0.3, -0.25) is 0 Å². The molecular formula is C11H15F2N. The third-order valence-corrected chi connectivity index (χ3v) is 2.29. The maximum atomic E-state index is 13.7. The van der Waals surface area contributed by atoms with Crippen molar-refractivity contribution < 1.29 is 8.78 Å². The van der Waals surface area contributed by atoms with E-state index in [4.69, 9.17) is 5.73 Å². The van der Waals surface area contributed by atoms with Crippen LogP contribution in [0.5, 0.6) is 0 Å². The van der Waals surface area contributed by atoms with Gasteiger partial charge in [-0.05, 0) is 44.9 Å². The van der Waals surface area contributed by atoms with E-state index in [0.29, 0.717) is 11.1 Å². The molecule has 1 aromatic rings. The molecule has 0 atom stereocenters. The Bertz CT molecular complexity index is 338. The minimum Gasteiger partial charge on any atom is -0.322 e. The van der Waals surface area contributed by atoms with Crippen molar-refractivity contribution in [1.29, 1.82) is 0 Å². The van der Waals surface area contributed by atoms with E-state index in [1.54, 1.807) is 20.8 Å². The predicted molar refractivity (Wildman–Crippen MR) is 53.0 cm³/mol. The Morgan fingerprint density at radius 1 is 1.21 bits per heavy atom. The Hall–Kier alpha value is -0.960. The molecule has 0 heterocycles. The van der Waals surface area contributed by atoms with Crippen molar-refractivity contribution in [2.24, 2.45) is 5.73 Å². The van der Waals surface area contributed by atoms with Crippen molar-refractivity contribution >= 4 is 0 Å². The Labute approximate surface area is 82.9 Å². The van der Waals surface area contributed by atoms with Crippen LogP contribution in [0, 0.1) is 25.5 Å². The molecule has 0 saturated carbocycles. The van der Waals surface area contributed by atoms with Gasteiger partial charge in [-0.2, -0.15) is 0 Å². The van der Waals surface area contributed by atoms with Gasteiger partial charge in [0.05, 0.1) is 0 Å². The highest BCUT2D eigenvalue weighted by atomic mass is 19.1. The molecular weight excluding hydrogens is 184 g/mol. The van der Waals surface area contributed by atoms with E-state index in [2.05, 4.69) is 0 Å². The monoisotopic (exact) mass is 199 g/mol. The van der Waals surface area contributed by atoms with Crippen molar-refractivity contribution in [3.63, 3.8) is 0 Å². The zero-order valence-corrected chi connectivity index (χ0v) is 8.91. The summed E-state index contributed by atoms with van der Waals surface area (Å²) < 4.78 is 27.0. The fourth-order valence-electron chi connectivity index (χ4n) is 1.61.